The Morgan fingerprint density at radius 1 is 1.14 bits per heavy atom. The van der Waals surface area contributed by atoms with Gasteiger partial charge >= 0.3 is 0 Å². The fourth-order valence-corrected chi connectivity index (χ4v) is 5.63. The van der Waals surface area contributed by atoms with Gasteiger partial charge < -0.3 is 4.90 Å². The molecule has 0 aliphatic carbocycles. The normalized spacial score (nSPS) is 22.3. The summed E-state index contributed by atoms with van der Waals surface area (Å²) in [5, 5.41) is 8.20. The Labute approximate surface area is 170 Å². The number of rotatable bonds is 5. The Bertz CT molecular complexity index is 979. The second-order valence-corrected chi connectivity index (χ2v) is 9.81. The van der Waals surface area contributed by atoms with Crippen molar-refractivity contribution >= 4 is 21.8 Å². The number of piperazine rings is 1. The number of amides is 1. The highest BCUT2D eigenvalue weighted by Gasteiger charge is 2.34. The van der Waals surface area contributed by atoms with Gasteiger partial charge in [0, 0.05) is 38.3 Å². The van der Waals surface area contributed by atoms with E-state index in [0.29, 0.717) is 44.8 Å². The van der Waals surface area contributed by atoms with Gasteiger partial charge in [-0.3, -0.25) is 9.69 Å². The van der Waals surface area contributed by atoms with Crippen molar-refractivity contribution < 1.29 is 13.2 Å². The van der Waals surface area contributed by atoms with Gasteiger partial charge in [-0.15, -0.1) is 5.10 Å². The van der Waals surface area contributed by atoms with Gasteiger partial charge in [-0.1, -0.05) is 35.5 Å². The summed E-state index contributed by atoms with van der Waals surface area (Å²) in [5.74, 6) is 0.477. The molecule has 0 unspecified atom stereocenters. The highest BCUT2D eigenvalue weighted by Crippen LogP contribution is 2.19. The molecule has 1 aromatic heterocycles. The summed E-state index contributed by atoms with van der Waals surface area (Å²) >= 11 is 0. The molecular weight excluding hydrogens is 390 g/mol. The first-order valence-electron chi connectivity index (χ1n) is 9.84. The second-order valence-electron chi connectivity index (χ2n) is 7.58. The maximum atomic E-state index is 12.5. The molecule has 0 saturated carbocycles. The van der Waals surface area contributed by atoms with E-state index in [9.17, 15) is 13.2 Å². The average molecular weight is 416 g/mol. The molecule has 4 rings (SSSR count). The Morgan fingerprint density at radius 3 is 2.59 bits per heavy atom. The number of carbonyl (C=O) groups is 1. The van der Waals surface area contributed by atoms with Crippen LogP contribution < -0.4 is 0 Å². The van der Waals surface area contributed by atoms with Crippen molar-refractivity contribution in [3.8, 4) is 0 Å². The molecule has 2 fully saturated rings. The first-order chi connectivity index (χ1) is 14.0. The van der Waals surface area contributed by atoms with Crippen LogP contribution in [0.25, 0.3) is 6.08 Å². The van der Waals surface area contributed by atoms with Crippen molar-refractivity contribution in [3.05, 3.63) is 53.9 Å². The highest BCUT2D eigenvalue weighted by molar-refractivity contribution is 7.91. The zero-order valence-electron chi connectivity index (χ0n) is 16.2. The molecule has 0 bridgehead atoms. The molecule has 2 saturated heterocycles. The number of hydrogen-bond acceptors (Lipinski definition) is 6. The van der Waals surface area contributed by atoms with E-state index in [1.165, 1.54) is 6.08 Å². The minimum atomic E-state index is -2.88. The maximum Gasteiger partial charge on any atom is 0.246 e. The molecule has 1 atom stereocenters. The third-order valence-corrected chi connectivity index (χ3v) is 7.24. The zero-order valence-corrected chi connectivity index (χ0v) is 17.0. The van der Waals surface area contributed by atoms with Crippen LogP contribution in [-0.4, -0.2) is 82.8 Å². The van der Waals surface area contributed by atoms with Crippen LogP contribution in [0.3, 0.4) is 0 Å². The summed E-state index contributed by atoms with van der Waals surface area (Å²) in [4.78, 5) is 16.5. The molecule has 0 spiro atoms. The van der Waals surface area contributed by atoms with Gasteiger partial charge in [0.1, 0.15) is 5.69 Å². The van der Waals surface area contributed by atoms with Crippen molar-refractivity contribution in [2.75, 3.05) is 37.7 Å². The predicted octanol–water partition coefficient (Wildman–Crippen LogP) is 0.671. The number of carbonyl (C=O) groups excluding carboxylic acids is 1. The summed E-state index contributed by atoms with van der Waals surface area (Å²) in [5.41, 5.74) is 1.78. The van der Waals surface area contributed by atoms with Gasteiger partial charge in [0.2, 0.25) is 5.91 Å². The first-order valence-corrected chi connectivity index (χ1v) is 11.7. The van der Waals surface area contributed by atoms with E-state index in [1.54, 1.807) is 15.7 Å². The van der Waals surface area contributed by atoms with E-state index < -0.39 is 9.84 Å². The Morgan fingerprint density at radius 2 is 1.90 bits per heavy atom. The van der Waals surface area contributed by atoms with Crippen LogP contribution in [0.4, 0.5) is 0 Å². The van der Waals surface area contributed by atoms with Gasteiger partial charge in [-0.25, -0.2) is 13.1 Å². The van der Waals surface area contributed by atoms with E-state index in [0.717, 1.165) is 5.56 Å². The maximum absolute atomic E-state index is 12.5. The lowest BCUT2D eigenvalue weighted by atomic mass is 10.2. The van der Waals surface area contributed by atoms with Crippen molar-refractivity contribution in [1.29, 1.82) is 0 Å². The van der Waals surface area contributed by atoms with E-state index in [1.807, 2.05) is 36.5 Å². The molecule has 0 radical (unpaired) electrons. The number of aromatic nitrogens is 3. The number of hydrogen-bond donors (Lipinski definition) is 0. The van der Waals surface area contributed by atoms with E-state index in [2.05, 4.69) is 15.2 Å². The van der Waals surface area contributed by atoms with E-state index in [-0.39, 0.29) is 23.5 Å². The minimum absolute atomic E-state index is 0.0543. The smallest absolute Gasteiger partial charge is 0.246 e. The number of benzene rings is 1. The lowest BCUT2D eigenvalue weighted by Crippen LogP contribution is -2.52. The predicted molar refractivity (Wildman–Crippen MR) is 110 cm³/mol. The molecule has 2 aromatic rings. The second kappa shape index (κ2) is 8.46. The minimum Gasteiger partial charge on any atom is -0.337 e. The van der Waals surface area contributed by atoms with Gasteiger partial charge in [-0.05, 0) is 18.1 Å². The molecule has 0 N–H and O–H groups in total. The van der Waals surface area contributed by atoms with Crippen molar-refractivity contribution in [2.45, 2.75) is 19.0 Å². The lowest BCUT2D eigenvalue weighted by molar-refractivity contribution is -0.127. The highest BCUT2D eigenvalue weighted by atomic mass is 32.2. The molecule has 3 heterocycles. The molecule has 2 aliphatic rings. The summed E-state index contributed by atoms with van der Waals surface area (Å²) in [6.07, 6.45) is 5.74. The summed E-state index contributed by atoms with van der Waals surface area (Å²) in [6, 6.07) is 10.1. The third-order valence-electron chi connectivity index (χ3n) is 5.49. The monoisotopic (exact) mass is 415 g/mol. The van der Waals surface area contributed by atoms with Crippen LogP contribution >= 0.6 is 0 Å². The SMILES string of the molecule is O=C(/C=C/c1cn(Cc2ccccc2)nn1)N1CCN([C@H]2CCS(=O)(=O)C2)CC1. The summed E-state index contributed by atoms with van der Waals surface area (Å²) < 4.78 is 25.1. The molecule has 1 amide bonds. The van der Waals surface area contributed by atoms with Crippen molar-refractivity contribution in [2.24, 2.45) is 0 Å². The standard InChI is InChI=1S/C20H25N5O3S/c26-20(24-11-9-23(10-12-24)19-8-13-29(27,28)16-19)7-6-18-15-25(22-21-18)14-17-4-2-1-3-5-17/h1-7,15,19H,8-14,16H2/b7-6+/t19-/m0/s1. The molecule has 1 aromatic carbocycles. The molecule has 29 heavy (non-hydrogen) atoms. The molecular formula is C20H25N5O3S. The van der Waals surface area contributed by atoms with Crippen molar-refractivity contribution in [1.82, 2.24) is 24.8 Å². The topological polar surface area (TPSA) is 88.4 Å². The van der Waals surface area contributed by atoms with Crippen molar-refractivity contribution in [3.63, 3.8) is 0 Å². The Kier molecular flexibility index (Phi) is 5.77. The first kappa shape index (κ1) is 19.8. The largest absolute Gasteiger partial charge is 0.337 e. The summed E-state index contributed by atoms with van der Waals surface area (Å²) in [6.45, 7) is 3.29. The molecule has 8 nitrogen and oxygen atoms in total. The van der Waals surface area contributed by atoms with Gasteiger partial charge in [0.05, 0.1) is 24.2 Å². The Hall–Kier alpha value is -2.52. The van der Waals surface area contributed by atoms with E-state index >= 15 is 0 Å². The van der Waals surface area contributed by atoms with Crippen LogP contribution in [0, 0.1) is 0 Å². The van der Waals surface area contributed by atoms with Gasteiger partial charge in [0.25, 0.3) is 0 Å². The molecule has 9 heteroatoms. The fourth-order valence-electron chi connectivity index (χ4n) is 3.87. The lowest BCUT2D eigenvalue weighted by Gasteiger charge is -2.37. The van der Waals surface area contributed by atoms with Crippen LogP contribution in [0.15, 0.2) is 42.6 Å². The van der Waals surface area contributed by atoms with Crippen LogP contribution in [0.2, 0.25) is 0 Å². The molecule has 154 valence electrons. The van der Waals surface area contributed by atoms with Gasteiger partial charge in [-0.2, -0.15) is 0 Å². The quantitative estimate of drug-likeness (QED) is 0.667. The third kappa shape index (κ3) is 5.10. The average Bonchev–Trinajstić information content (AvgIpc) is 3.33. The van der Waals surface area contributed by atoms with E-state index in [4.69, 9.17) is 0 Å². The van der Waals surface area contributed by atoms with Crippen LogP contribution in [-0.2, 0) is 21.2 Å². The van der Waals surface area contributed by atoms with Crippen LogP contribution in [0.5, 0.6) is 0 Å². The zero-order chi connectivity index (χ0) is 20.3. The molecule has 2 aliphatic heterocycles. The van der Waals surface area contributed by atoms with Crippen LogP contribution in [0.1, 0.15) is 17.7 Å². The number of nitrogens with zero attached hydrogens (tertiary/aromatic N) is 5. The Balaban J connectivity index is 1.27. The van der Waals surface area contributed by atoms with Gasteiger partial charge in [0.15, 0.2) is 9.84 Å². The summed E-state index contributed by atoms with van der Waals surface area (Å²) in [7, 11) is -2.88. The fraction of sp³-hybridized carbons (Fsp3) is 0.450. The number of sulfone groups is 1.